The van der Waals surface area contributed by atoms with Crippen molar-refractivity contribution in [2.24, 2.45) is 7.05 Å². The highest BCUT2D eigenvalue weighted by atomic mass is 32.2. The van der Waals surface area contributed by atoms with E-state index in [1.54, 1.807) is 22.6 Å². The summed E-state index contributed by atoms with van der Waals surface area (Å²) in [7, 11) is 1.81. The molecule has 66 valence electrons. The molecule has 0 radical (unpaired) electrons. The summed E-state index contributed by atoms with van der Waals surface area (Å²) in [6.07, 6.45) is 2.45. The SMILES string of the molecule is Cn1nncc1C1(O)CCSC1. The molecule has 12 heavy (non-hydrogen) atoms. The van der Waals surface area contributed by atoms with Crippen LogP contribution in [-0.4, -0.2) is 31.6 Å². The smallest absolute Gasteiger partial charge is 0.118 e. The molecule has 2 heterocycles. The lowest BCUT2D eigenvalue weighted by Crippen LogP contribution is -2.27. The summed E-state index contributed by atoms with van der Waals surface area (Å²) < 4.78 is 1.64. The maximum absolute atomic E-state index is 10.1. The Hall–Kier alpha value is -0.550. The lowest BCUT2D eigenvalue weighted by atomic mass is 10.0. The highest BCUT2D eigenvalue weighted by molar-refractivity contribution is 7.99. The standard InChI is InChI=1S/C7H11N3OS/c1-10-6(4-8-9-10)7(11)2-3-12-5-7/h4,11H,2-3,5H2,1H3. The van der Waals surface area contributed by atoms with Gasteiger partial charge in [0.2, 0.25) is 0 Å². The fourth-order valence-corrected chi connectivity index (χ4v) is 2.72. The number of aromatic nitrogens is 3. The van der Waals surface area contributed by atoms with Crippen molar-refractivity contribution in [2.75, 3.05) is 11.5 Å². The Kier molecular flexibility index (Phi) is 1.84. The van der Waals surface area contributed by atoms with Crippen LogP contribution in [0.25, 0.3) is 0 Å². The van der Waals surface area contributed by atoms with E-state index in [4.69, 9.17) is 0 Å². The fraction of sp³-hybridized carbons (Fsp3) is 0.714. The highest BCUT2D eigenvalue weighted by Gasteiger charge is 2.36. The minimum Gasteiger partial charge on any atom is -0.383 e. The van der Waals surface area contributed by atoms with Gasteiger partial charge in [0.1, 0.15) is 5.60 Å². The van der Waals surface area contributed by atoms with Gasteiger partial charge in [-0.1, -0.05) is 5.21 Å². The van der Waals surface area contributed by atoms with E-state index < -0.39 is 5.60 Å². The Bertz CT molecular complexity index is 280. The van der Waals surface area contributed by atoms with Crippen molar-refractivity contribution in [3.63, 3.8) is 0 Å². The van der Waals surface area contributed by atoms with Crippen molar-refractivity contribution >= 4 is 11.8 Å². The van der Waals surface area contributed by atoms with Crippen molar-refractivity contribution in [1.82, 2.24) is 15.0 Å². The van der Waals surface area contributed by atoms with E-state index in [0.29, 0.717) is 0 Å². The van der Waals surface area contributed by atoms with Gasteiger partial charge in [0.25, 0.3) is 0 Å². The largest absolute Gasteiger partial charge is 0.383 e. The number of hydrogen-bond donors (Lipinski definition) is 1. The van der Waals surface area contributed by atoms with Crippen LogP contribution in [0.2, 0.25) is 0 Å². The predicted molar refractivity (Wildman–Crippen MR) is 46.8 cm³/mol. The molecular weight excluding hydrogens is 174 g/mol. The third-order valence-corrected chi connectivity index (χ3v) is 3.37. The zero-order valence-corrected chi connectivity index (χ0v) is 7.71. The molecule has 1 atom stereocenters. The molecule has 1 aromatic heterocycles. The van der Waals surface area contributed by atoms with Gasteiger partial charge in [0, 0.05) is 12.8 Å². The molecule has 0 spiro atoms. The minimum atomic E-state index is -0.692. The van der Waals surface area contributed by atoms with E-state index in [9.17, 15) is 5.11 Å². The number of nitrogens with zero attached hydrogens (tertiary/aromatic N) is 3. The summed E-state index contributed by atoms with van der Waals surface area (Å²) in [4.78, 5) is 0. The molecular formula is C7H11N3OS. The first-order chi connectivity index (χ1) is 5.72. The van der Waals surface area contributed by atoms with Crippen LogP contribution in [0, 0.1) is 0 Å². The molecule has 0 saturated carbocycles. The summed E-state index contributed by atoms with van der Waals surface area (Å²) >= 11 is 1.77. The monoisotopic (exact) mass is 185 g/mol. The van der Waals surface area contributed by atoms with Crippen LogP contribution in [0.15, 0.2) is 6.20 Å². The van der Waals surface area contributed by atoms with Crippen molar-refractivity contribution < 1.29 is 5.11 Å². The Morgan fingerprint density at radius 3 is 3.08 bits per heavy atom. The topological polar surface area (TPSA) is 50.9 Å². The Labute approximate surface area is 75.0 Å². The van der Waals surface area contributed by atoms with E-state index in [-0.39, 0.29) is 0 Å². The Balaban J connectivity index is 2.34. The maximum Gasteiger partial charge on any atom is 0.118 e. The van der Waals surface area contributed by atoms with Crippen LogP contribution in [0.5, 0.6) is 0 Å². The number of hydrogen-bond acceptors (Lipinski definition) is 4. The van der Waals surface area contributed by atoms with Crippen molar-refractivity contribution in [3.05, 3.63) is 11.9 Å². The molecule has 5 heteroatoms. The molecule has 1 fully saturated rings. The molecule has 2 rings (SSSR count). The molecule has 1 aliphatic rings. The summed E-state index contributed by atoms with van der Waals surface area (Å²) in [6.45, 7) is 0. The first-order valence-electron chi connectivity index (χ1n) is 3.88. The zero-order valence-electron chi connectivity index (χ0n) is 6.90. The van der Waals surface area contributed by atoms with Gasteiger partial charge < -0.3 is 5.11 Å². The molecule has 0 aromatic carbocycles. The van der Waals surface area contributed by atoms with Gasteiger partial charge in [-0.05, 0) is 12.2 Å². The van der Waals surface area contributed by atoms with Crippen molar-refractivity contribution in [1.29, 1.82) is 0 Å². The average Bonchev–Trinajstić information content (AvgIpc) is 2.59. The Morgan fingerprint density at radius 1 is 1.75 bits per heavy atom. The van der Waals surface area contributed by atoms with Crippen LogP contribution in [-0.2, 0) is 12.6 Å². The first-order valence-corrected chi connectivity index (χ1v) is 5.03. The van der Waals surface area contributed by atoms with Crippen LogP contribution in [0.4, 0.5) is 0 Å². The van der Waals surface area contributed by atoms with Crippen LogP contribution < -0.4 is 0 Å². The predicted octanol–water partition coefficient (Wildman–Crippen LogP) is 0.140. The number of aryl methyl sites for hydroxylation is 1. The molecule has 0 bridgehead atoms. The zero-order chi connectivity index (χ0) is 8.60. The molecule has 1 aliphatic heterocycles. The second kappa shape index (κ2) is 2.74. The van der Waals surface area contributed by atoms with Crippen LogP contribution in [0.1, 0.15) is 12.1 Å². The second-order valence-electron chi connectivity index (χ2n) is 3.08. The second-order valence-corrected chi connectivity index (χ2v) is 4.18. The van der Waals surface area contributed by atoms with Gasteiger partial charge in [0.05, 0.1) is 11.9 Å². The first kappa shape index (κ1) is 8.07. The van der Waals surface area contributed by atoms with Gasteiger partial charge in [-0.15, -0.1) is 5.10 Å². The number of aliphatic hydroxyl groups is 1. The van der Waals surface area contributed by atoms with Crippen LogP contribution >= 0.6 is 11.8 Å². The van der Waals surface area contributed by atoms with Gasteiger partial charge in [0.15, 0.2) is 0 Å². The van der Waals surface area contributed by atoms with E-state index in [2.05, 4.69) is 10.3 Å². The number of rotatable bonds is 1. The van der Waals surface area contributed by atoms with Crippen molar-refractivity contribution in [2.45, 2.75) is 12.0 Å². The van der Waals surface area contributed by atoms with E-state index >= 15 is 0 Å². The summed E-state index contributed by atoms with van der Waals surface area (Å²) in [5, 5.41) is 17.7. The van der Waals surface area contributed by atoms with Gasteiger partial charge in [-0.25, -0.2) is 4.68 Å². The van der Waals surface area contributed by atoms with E-state index in [1.165, 1.54) is 0 Å². The third-order valence-electron chi connectivity index (χ3n) is 2.19. The lowest BCUT2D eigenvalue weighted by Gasteiger charge is -2.19. The summed E-state index contributed by atoms with van der Waals surface area (Å²) in [5.41, 5.74) is 0.135. The van der Waals surface area contributed by atoms with Gasteiger partial charge >= 0.3 is 0 Å². The van der Waals surface area contributed by atoms with E-state index in [1.807, 2.05) is 7.05 Å². The van der Waals surface area contributed by atoms with Gasteiger partial charge in [-0.3, -0.25) is 0 Å². The third kappa shape index (κ3) is 1.13. The maximum atomic E-state index is 10.1. The van der Waals surface area contributed by atoms with E-state index in [0.717, 1.165) is 23.6 Å². The molecule has 4 nitrogen and oxygen atoms in total. The van der Waals surface area contributed by atoms with Gasteiger partial charge in [-0.2, -0.15) is 11.8 Å². The number of thioether (sulfide) groups is 1. The summed E-state index contributed by atoms with van der Waals surface area (Å²) in [6, 6.07) is 0. The average molecular weight is 185 g/mol. The molecule has 0 aliphatic carbocycles. The Morgan fingerprint density at radius 2 is 2.58 bits per heavy atom. The molecule has 1 N–H and O–H groups in total. The van der Waals surface area contributed by atoms with Crippen molar-refractivity contribution in [3.8, 4) is 0 Å². The quantitative estimate of drug-likeness (QED) is 0.676. The fourth-order valence-electron chi connectivity index (χ4n) is 1.47. The molecule has 0 amide bonds. The summed E-state index contributed by atoms with van der Waals surface area (Å²) in [5.74, 6) is 1.77. The lowest BCUT2D eigenvalue weighted by molar-refractivity contribution is 0.0570. The molecule has 1 saturated heterocycles. The highest BCUT2D eigenvalue weighted by Crippen LogP contribution is 2.35. The molecule has 1 unspecified atom stereocenters. The normalized spacial score (nSPS) is 29.5. The van der Waals surface area contributed by atoms with Crippen LogP contribution in [0.3, 0.4) is 0 Å². The minimum absolute atomic E-state index is 0.692. The molecule has 1 aromatic rings.